The number of hydrogen-bond donors (Lipinski definition) is 1. The third kappa shape index (κ3) is 1.65. The van der Waals surface area contributed by atoms with E-state index in [4.69, 9.17) is 4.74 Å². The molecule has 1 heterocycles. The molecule has 0 saturated carbocycles. The van der Waals surface area contributed by atoms with Gasteiger partial charge in [0.2, 0.25) is 0 Å². The van der Waals surface area contributed by atoms with E-state index >= 15 is 0 Å². The third-order valence-corrected chi connectivity index (χ3v) is 1.54. The van der Waals surface area contributed by atoms with E-state index in [2.05, 4.69) is 17.5 Å². The standard InChI is InChI=1S/C5H10NOS/c8-5-6-1-3-7-4-2-6/h5,8H,1-4H2. The molecular weight excluding hydrogens is 122 g/mol. The van der Waals surface area contributed by atoms with Gasteiger partial charge in [-0.1, -0.05) is 0 Å². The van der Waals surface area contributed by atoms with Gasteiger partial charge in [0.05, 0.1) is 19.1 Å². The molecule has 1 saturated heterocycles. The third-order valence-electron chi connectivity index (χ3n) is 1.21. The largest absolute Gasteiger partial charge is 0.379 e. The molecule has 0 bridgehead atoms. The van der Waals surface area contributed by atoms with Gasteiger partial charge in [0.15, 0.2) is 0 Å². The van der Waals surface area contributed by atoms with Crippen molar-refractivity contribution in [3.63, 3.8) is 0 Å². The van der Waals surface area contributed by atoms with E-state index in [1.807, 2.05) is 5.88 Å². The predicted molar refractivity (Wildman–Crippen MR) is 35.7 cm³/mol. The van der Waals surface area contributed by atoms with Crippen LogP contribution in [0.3, 0.4) is 0 Å². The Kier molecular flexibility index (Phi) is 2.66. The number of thiol groups is 1. The Bertz CT molecular complexity index is 63.4. The van der Waals surface area contributed by atoms with Crippen LogP contribution in [0.4, 0.5) is 0 Å². The number of ether oxygens (including phenoxy) is 1. The lowest BCUT2D eigenvalue weighted by Gasteiger charge is -2.23. The SMILES string of the molecule is S[CH]N1CCOCC1. The molecule has 0 aromatic carbocycles. The molecule has 0 amide bonds. The second kappa shape index (κ2) is 3.33. The normalized spacial score (nSPS) is 23.6. The van der Waals surface area contributed by atoms with Gasteiger partial charge >= 0.3 is 0 Å². The maximum Gasteiger partial charge on any atom is 0.0779 e. The van der Waals surface area contributed by atoms with E-state index in [0.717, 1.165) is 26.3 Å². The van der Waals surface area contributed by atoms with E-state index in [1.54, 1.807) is 0 Å². The fraction of sp³-hybridized carbons (Fsp3) is 0.800. The Hall–Kier alpha value is 0.270. The van der Waals surface area contributed by atoms with E-state index in [-0.39, 0.29) is 0 Å². The van der Waals surface area contributed by atoms with Crippen molar-refractivity contribution in [2.45, 2.75) is 0 Å². The molecular formula is C5H10NOS. The number of rotatable bonds is 1. The molecule has 47 valence electrons. The van der Waals surface area contributed by atoms with Crippen LogP contribution in [0.1, 0.15) is 0 Å². The van der Waals surface area contributed by atoms with Gasteiger partial charge in [0.25, 0.3) is 0 Å². The zero-order valence-corrected chi connectivity index (χ0v) is 5.60. The van der Waals surface area contributed by atoms with Gasteiger partial charge in [0.1, 0.15) is 0 Å². The molecule has 8 heavy (non-hydrogen) atoms. The highest BCUT2D eigenvalue weighted by Crippen LogP contribution is 2.00. The lowest BCUT2D eigenvalue weighted by molar-refractivity contribution is 0.0563. The van der Waals surface area contributed by atoms with Crippen LogP contribution >= 0.6 is 12.6 Å². The summed E-state index contributed by atoms with van der Waals surface area (Å²) in [5, 5.41) is 0. The fourth-order valence-electron chi connectivity index (χ4n) is 0.693. The Morgan fingerprint density at radius 3 is 2.38 bits per heavy atom. The molecule has 1 rings (SSSR count). The summed E-state index contributed by atoms with van der Waals surface area (Å²) in [5.74, 6) is 1.81. The quantitative estimate of drug-likeness (QED) is 0.517. The van der Waals surface area contributed by atoms with Crippen LogP contribution in [0.2, 0.25) is 0 Å². The van der Waals surface area contributed by atoms with Gasteiger partial charge in [-0.25, -0.2) is 0 Å². The smallest absolute Gasteiger partial charge is 0.0779 e. The van der Waals surface area contributed by atoms with Gasteiger partial charge in [-0.15, -0.1) is 0 Å². The Morgan fingerprint density at radius 2 is 2.00 bits per heavy atom. The summed E-state index contributed by atoms with van der Waals surface area (Å²) in [6.45, 7) is 3.67. The molecule has 0 aromatic heterocycles. The van der Waals surface area contributed by atoms with Crippen LogP contribution in [0.25, 0.3) is 0 Å². The minimum absolute atomic E-state index is 0.844. The van der Waals surface area contributed by atoms with Crippen LogP contribution < -0.4 is 0 Å². The molecule has 1 aliphatic heterocycles. The van der Waals surface area contributed by atoms with Crippen molar-refractivity contribution in [2.75, 3.05) is 26.3 Å². The lowest BCUT2D eigenvalue weighted by atomic mass is 10.5. The van der Waals surface area contributed by atoms with Crippen LogP contribution in [0.5, 0.6) is 0 Å². The lowest BCUT2D eigenvalue weighted by Crippen LogP contribution is -2.32. The zero-order chi connectivity index (χ0) is 5.82. The molecule has 1 radical (unpaired) electrons. The van der Waals surface area contributed by atoms with Crippen molar-refractivity contribution >= 4 is 12.6 Å². The molecule has 0 spiro atoms. The zero-order valence-electron chi connectivity index (χ0n) is 4.71. The Morgan fingerprint density at radius 1 is 1.38 bits per heavy atom. The number of morpholine rings is 1. The van der Waals surface area contributed by atoms with Crippen molar-refractivity contribution in [1.29, 1.82) is 0 Å². The predicted octanol–water partition coefficient (Wildman–Crippen LogP) is 0.368. The van der Waals surface area contributed by atoms with Crippen LogP contribution in [-0.2, 0) is 4.74 Å². The highest BCUT2D eigenvalue weighted by molar-refractivity contribution is 7.82. The van der Waals surface area contributed by atoms with Crippen LogP contribution in [0, 0.1) is 5.88 Å². The van der Waals surface area contributed by atoms with E-state index < -0.39 is 0 Å². The second-order valence-corrected chi connectivity index (χ2v) is 1.99. The number of nitrogens with zero attached hydrogens (tertiary/aromatic N) is 1. The number of hydrogen-bond acceptors (Lipinski definition) is 3. The van der Waals surface area contributed by atoms with Gasteiger partial charge in [0, 0.05) is 13.1 Å². The molecule has 2 nitrogen and oxygen atoms in total. The van der Waals surface area contributed by atoms with Crippen molar-refractivity contribution in [2.24, 2.45) is 0 Å². The summed E-state index contributed by atoms with van der Waals surface area (Å²) in [6.07, 6.45) is 0. The van der Waals surface area contributed by atoms with Crippen molar-refractivity contribution in [3.8, 4) is 0 Å². The molecule has 3 heteroatoms. The Balaban J connectivity index is 2.13. The molecule has 0 aliphatic carbocycles. The summed E-state index contributed by atoms with van der Waals surface area (Å²) in [4.78, 5) is 2.13. The summed E-state index contributed by atoms with van der Waals surface area (Å²) < 4.78 is 5.11. The van der Waals surface area contributed by atoms with Gasteiger partial charge < -0.3 is 4.74 Å². The fourth-order valence-corrected chi connectivity index (χ4v) is 0.924. The minimum atomic E-state index is 0.844. The van der Waals surface area contributed by atoms with Gasteiger partial charge in [-0.3, -0.25) is 4.90 Å². The van der Waals surface area contributed by atoms with Crippen molar-refractivity contribution in [3.05, 3.63) is 5.88 Å². The molecule has 1 fully saturated rings. The molecule has 0 unspecified atom stereocenters. The highest BCUT2D eigenvalue weighted by Gasteiger charge is 2.06. The van der Waals surface area contributed by atoms with E-state index in [0.29, 0.717) is 0 Å². The maximum absolute atomic E-state index is 5.11. The van der Waals surface area contributed by atoms with Gasteiger partial charge in [-0.05, 0) is 0 Å². The molecule has 0 N–H and O–H groups in total. The first-order chi connectivity index (χ1) is 3.93. The summed E-state index contributed by atoms with van der Waals surface area (Å²) >= 11 is 4.01. The first-order valence-corrected chi connectivity index (χ1v) is 3.24. The van der Waals surface area contributed by atoms with Crippen LogP contribution in [-0.4, -0.2) is 31.2 Å². The highest BCUT2D eigenvalue weighted by atomic mass is 32.1. The first kappa shape index (κ1) is 6.39. The Labute approximate surface area is 55.2 Å². The maximum atomic E-state index is 5.11. The molecule has 0 aromatic rings. The summed E-state index contributed by atoms with van der Waals surface area (Å²) in [7, 11) is 0. The average molecular weight is 132 g/mol. The van der Waals surface area contributed by atoms with Crippen molar-refractivity contribution in [1.82, 2.24) is 4.90 Å². The van der Waals surface area contributed by atoms with E-state index in [1.165, 1.54) is 0 Å². The summed E-state index contributed by atoms with van der Waals surface area (Å²) in [5.41, 5.74) is 0. The van der Waals surface area contributed by atoms with Crippen LogP contribution in [0.15, 0.2) is 0 Å². The monoisotopic (exact) mass is 132 g/mol. The minimum Gasteiger partial charge on any atom is -0.379 e. The van der Waals surface area contributed by atoms with E-state index in [9.17, 15) is 0 Å². The molecule has 0 atom stereocenters. The topological polar surface area (TPSA) is 12.5 Å². The van der Waals surface area contributed by atoms with Gasteiger partial charge in [-0.2, -0.15) is 12.6 Å². The summed E-state index contributed by atoms with van der Waals surface area (Å²) in [6, 6.07) is 0. The molecule has 1 aliphatic rings. The average Bonchev–Trinajstić information content (AvgIpc) is 1.90. The van der Waals surface area contributed by atoms with Crippen molar-refractivity contribution < 1.29 is 4.74 Å². The first-order valence-electron chi connectivity index (χ1n) is 2.73. The second-order valence-electron chi connectivity index (χ2n) is 1.76.